The molecule has 1 saturated heterocycles. The van der Waals surface area contributed by atoms with Crippen molar-refractivity contribution in [3.05, 3.63) is 47.5 Å². The van der Waals surface area contributed by atoms with Crippen molar-refractivity contribution in [2.24, 2.45) is 0 Å². The first kappa shape index (κ1) is 17.6. The quantitative estimate of drug-likeness (QED) is 0.799. The first-order chi connectivity index (χ1) is 13.4. The molecule has 0 radical (unpaired) electrons. The molecule has 7 heteroatoms. The molecule has 5 rings (SSSR count). The van der Waals surface area contributed by atoms with Gasteiger partial charge in [0.25, 0.3) is 10.0 Å². The molecule has 0 N–H and O–H groups in total. The third-order valence-electron chi connectivity index (χ3n) is 6.11. The molecular weight excluding hydrogens is 374 g/mol. The van der Waals surface area contributed by atoms with Crippen molar-refractivity contribution in [3.8, 4) is 0 Å². The van der Waals surface area contributed by atoms with Gasteiger partial charge >= 0.3 is 0 Å². The fourth-order valence-corrected chi connectivity index (χ4v) is 6.04. The summed E-state index contributed by atoms with van der Waals surface area (Å²) < 4.78 is 28.3. The molecule has 6 nitrogen and oxygen atoms in total. The first-order valence-corrected chi connectivity index (χ1v) is 11.2. The molecule has 3 aliphatic rings. The van der Waals surface area contributed by atoms with Crippen molar-refractivity contribution in [1.82, 2.24) is 0 Å². The lowest BCUT2D eigenvalue weighted by Gasteiger charge is -2.23. The molecule has 0 saturated carbocycles. The highest BCUT2D eigenvalue weighted by Gasteiger charge is 2.33. The maximum atomic E-state index is 13.4. The van der Waals surface area contributed by atoms with Gasteiger partial charge in [-0.15, -0.1) is 0 Å². The number of hydrogen-bond donors (Lipinski definition) is 0. The van der Waals surface area contributed by atoms with Crippen LogP contribution in [0.4, 0.5) is 17.1 Å². The average Bonchev–Trinajstić information content (AvgIpc) is 3.41. The van der Waals surface area contributed by atoms with E-state index < -0.39 is 10.0 Å². The highest BCUT2D eigenvalue weighted by molar-refractivity contribution is 7.92. The molecule has 2 aromatic rings. The smallest absolute Gasteiger partial charge is 0.264 e. The van der Waals surface area contributed by atoms with E-state index in [1.165, 1.54) is 17.1 Å². The lowest BCUT2D eigenvalue weighted by molar-refractivity contribution is -0.117. The van der Waals surface area contributed by atoms with Crippen LogP contribution in [0.15, 0.2) is 41.3 Å². The Labute approximate surface area is 165 Å². The van der Waals surface area contributed by atoms with Gasteiger partial charge in [-0.3, -0.25) is 9.10 Å². The Bertz CT molecular complexity index is 1070. The van der Waals surface area contributed by atoms with Crippen LogP contribution in [0.1, 0.15) is 24.0 Å². The summed E-state index contributed by atoms with van der Waals surface area (Å²) in [6, 6.07) is 11.2. The van der Waals surface area contributed by atoms with Crippen molar-refractivity contribution in [1.29, 1.82) is 0 Å². The zero-order valence-electron chi connectivity index (χ0n) is 15.9. The topological polar surface area (TPSA) is 60.9 Å². The number of nitrogens with zero attached hydrogens (tertiary/aromatic N) is 3. The van der Waals surface area contributed by atoms with Gasteiger partial charge < -0.3 is 9.80 Å². The zero-order chi connectivity index (χ0) is 19.5. The normalized spacial score (nSPS) is 18.8. The minimum Gasteiger partial charge on any atom is -0.371 e. The number of carbonyl (C=O) groups is 1. The second-order valence-corrected chi connectivity index (χ2v) is 9.62. The van der Waals surface area contributed by atoms with Crippen molar-refractivity contribution in [2.75, 3.05) is 40.8 Å². The van der Waals surface area contributed by atoms with E-state index in [4.69, 9.17) is 0 Å². The molecule has 0 aliphatic carbocycles. The van der Waals surface area contributed by atoms with E-state index in [1.54, 1.807) is 30.1 Å². The number of rotatable bonds is 3. The SMILES string of the molecule is CN1C(=O)Cc2cc(S(=O)(=O)N3CCc4ccc(N5CCCC5)cc43)ccc21. The standard InChI is InChI=1S/C21H23N3O3S/c1-22-19-7-6-18(12-16(19)13-21(22)25)28(26,27)24-11-8-15-4-5-17(14-20(15)24)23-9-2-3-10-23/h4-7,12,14H,2-3,8-11,13H2,1H3. The van der Waals surface area contributed by atoms with Gasteiger partial charge in [0.15, 0.2) is 0 Å². The second-order valence-electron chi connectivity index (χ2n) is 7.75. The van der Waals surface area contributed by atoms with Gasteiger partial charge in [0, 0.05) is 38.1 Å². The van der Waals surface area contributed by atoms with Crippen LogP contribution < -0.4 is 14.1 Å². The van der Waals surface area contributed by atoms with Crippen molar-refractivity contribution in [2.45, 2.75) is 30.6 Å². The van der Waals surface area contributed by atoms with Crippen LogP contribution >= 0.6 is 0 Å². The monoisotopic (exact) mass is 397 g/mol. The van der Waals surface area contributed by atoms with Crippen LogP contribution in [0.2, 0.25) is 0 Å². The Morgan fingerprint density at radius 2 is 1.68 bits per heavy atom. The number of sulfonamides is 1. The summed E-state index contributed by atoms with van der Waals surface area (Å²) >= 11 is 0. The summed E-state index contributed by atoms with van der Waals surface area (Å²) in [5.41, 5.74) is 4.53. The van der Waals surface area contributed by atoms with Gasteiger partial charge in [-0.25, -0.2) is 8.42 Å². The molecule has 28 heavy (non-hydrogen) atoms. The van der Waals surface area contributed by atoms with Crippen molar-refractivity contribution in [3.63, 3.8) is 0 Å². The number of likely N-dealkylation sites (N-methyl/N-ethyl adjacent to an activating group) is 1. The second kappa shape index (κ2) is 6.24. The van der Waals surface area contributed by atoms with Crippen LogP contribution in [-0.2, 0) is 27.7 Å². The number of hydrogen-bond acceptors (Lipinski definition) is 4. The number of carbonyl (C=O) groups excluding carboxylic acids is 1. The van der Waals surface area contributed by atoms with E-state index in [0.717, 1.165) is 47.7 Å². The summed E-state index contributed by atoms with van der Waals surface area (Å²) in [6.07, 6.45) is 3.34. The minimum atomic E-state index is -3.66. The summed E-state index contributed by atoms with van der Waals surface area (Å²) in [5.74, 6) is -0.00804. The van der Waals surface area contributed by atoms with Gasteiger partial charge in [-0.1, -0.05) is 6.07 Å². The molecule has 0 bridgehead atoms. The molecular formula is C21H23N3O3S. The van der Waals surface area contributed by atoms with Crippen LogP contribution in [-0.4, -0.2) is 41.0 Å². The van der Waals surface area contributed by atoms with Crippen LogP contribution in [0.3, 0.4) is 0 Å². The number of fused-ring (bicyclic) bond motifs is 2. The lowest BCUT2D eigenvalue weighted by atomic mass is 10.1. The third-order valence-corrected chi connectivity index (χ3v) is 7.92. The van der Waals surface area contributed by atoms with E-state index in [1.807, 2.05) is 6.07 Å². The zero-order valence-corrected chi connectivity index (χ0v) is 16.7. The van der Waals surface area contributed by atoms with Crippen molar-refractivity contribution >= 4 is 33.0 Å². The minimum absolute atomic E-state index is 0.00804. The van der Waals surface area contributed by atoms with Gasteiger partial charge in [0.2, 0.25) is 5.91 Å². The summed E-state index contributed by atoms with van der Waals surface area (Å²) in [4.78, 5) is 16.1. The Hall–Kier alpha value is -2.54. The van der Waals surface area contributed by atoms with E-state index in [-0.39, 0.29) is 17.2 Å². The predicted octanol–water partition coefficient (Wildman–Crippen LogP) is 2.56. The predicted molar refractivity (Wildman–Crippen MR) is 110 cm³/mol. The fraction of sp³-hybridized carbons (Fsp3) is 0.381. The molecule has 0 aromatic heterocycles. The van der Waals surface area contributed by atoms with Crippen molar-refractivity contribution < 1.29 is 13.2 Å². The van der Waals surface area contributed by atoms with Crippen LogP contribution in [0.25, 0.3) is 0 Å². The molecule has 0 atom stereocenters. The molecule has 2 aromatic carbocycles. The van der Waals surface area contributed by atoms with E-state index in [2.05, 4.69) is 17.0 Å². The number of amides is 1. The van der Waals surface area contributed by atoms with Gasteiger partial charge in [0.05, 0.1) is 17.0 Å². The highest BCUT2D eigenvalue weighted by atomic mass is 32.2. The molecule has 0 unspecified atom stereocenters. The Balaban J connectivity index is 1.52. The summed E-state index contributed by atoms with van der Waals surface area (Å²) in [7, 11) is -1.94. The maximum absolute atomic E-state index is 13.4. The third kappa shape index (κ3) is 2.60. The van der Waals surface area contributed by atoms with E-state index in [0.29, 0.717) is 6.54 Å². The summed E-state index contributed by atoms with van der Waals surface area (Å²) in [5, 5.41) is 0. The van der Waals surface area contributed by atoms with E-state index >= 15 is 0 Å². The van der Waals surface area contributed by atoms with Gasteiger partial charge in [-0.05, 0) is 60.7 Å². The summed E-state index contributed by atoms with van der Waals surface area (Å²) in [6.45, 7) is 2.51. The Morgan fingerprint density at radius 1 is 0.893 bits per heavy atom. The van der Waals surface area contributed by atoms with Crippen LogP contribution in [0, 0.1) is 0 Å². The average molecular weight is 398 g/mol. The highest BCUT2D eigenvalue weighted by Crippen LogP contribution is 2.38. The lowest BCUT2D eigenvalue weighted by Crippen LogP contribution is -2.29. The molecule has 0 spiro atoms. The first-order valence-electron chi connectivity index (χ1n) is 9.75. The number of benzene rings is 2. The Kier molecular flexibility index (Phi) is 3.91. The van der Waals surface area contributed by atoms with Crippen LogP contribution in [0.5, 0.6) is 0 Å². The fourth-order valence-electron chi connectivity index (χ4n) is 4.49. The largest absolute Gasteiger partial charge is 0.371 e. The molecule has 3 aliphatic heterocycles. The molecule has 1 fully saturated rings. The van der Waals surface area contributed by atoms with Gasteiger partial charge in [0.1, 0.15) is 0 Å². The Morgan fingerprint density at radius 3 is 2.46 bits per heavy atom. The van der Waals surface area contributed by atoms with E-state index in [9.17, 15) is 13.2 Å². The molecule has 1 amide bonds. The number of anilines is 3. The maximum Gasteiger partial charge on any atom is 0.264 e. The molecule has 146 valence electrons. The molecule has 3 heterocycles. The van der Waals surface area contributed by atoms with Gasteiger partial charge in [-0.2, -0.15) is 0 Å².